The average molecular weight is 222 g/mol. The minimum Gasteiger partial charge on any atom is -0.467 e. The summed E-state index contributed by atoms with van der Waals surface area (Å²) < 4.78 is 11.1. The number of aliphatic hydroxyl groups is 1. The zero-order valence-corrected chi connectivity index (χ0v) is 9.39. The highest BCUT2D eigenvalue weighted by Crippen LogP contribution is 2.47. The Kier molecular flexibility index (Phi) is 2.52. The second kappa shape index (κ2) is 3.90. The Bertz CT molecular complexity index is 340. The smallest absolute Gasteiger partial charge is 0.132 e. The van der Waals surface area contributed by atoms with Gasteiger partial charge in [-0.2, -0.15) is 0 Å². The van der Waals surface area contributed by atoms with Crippen molar-refractivity contribution in [1.82, 2.24) is 0 Å². The molecule has 2 aliphatic rings. The number of aliphatic hydroxyl groups excluding tert-OH is 1. The predicted octanol–water partition coefficient (Wildman–Crippen LogP) is 2.66. The molecular formula is C13H18O3. The van der Waals surface area contributed by atoms with Crippen LogP contribution < -0.4 is 0 Å². The number of rotatable bonds is 2. The number of ether oxygens (including phenoxy) is 1. The van der Waals surface area contributed by atoms with E-state index in [-0.39, 0.29) is 5.60 Å². The molecule has 0 radical (unpaired) electrons. The Hall–Kier alpha value is -0.800. The van der Waals surface area contributed by atoms with Crippen LogP contribution in [0, 0.1) is 5.92 Å². The quantitative estimate of drug-likeness (QED) is 0.836. The maximum Gasteiger partial charge on any atom is 0.132 e. The van der Waals surface area contributed by atoms with Crippen LogP contribution in [0.25, 0.3) is 0 Å². The third-order valence-electron chi connectivity index (χ3n) is 4.08. The van der Waals surface area contributed by atoms with Gasteiger partial charge in [0.1, 0.15) is 11.9 Å². The molecule has 0 bridgehead atoms. The first-order chi connectivity index (χ1) is 7.79. The lowest BCUT2D eigenvalue weighted by molar-refractivity contribution is -0.158. The van der Waals surface area contributed by atoms with Gasteiger partial charge in [0, 0.05) is 6.61 Å². The van der Waals surface area contributed by atoms with Crippen LogP contribution in [0.4, 0.5) is 0 Å². The minimum absolute atomic E-state index is 0.0937. The summed E-state index contributed by atoms with van der Waals surface area (Å²) in [5, 5.41) is 10.2. The van der Waals surface area contributed by atoms with Crippen molar-refractivity contribution in [2.75, 3.05) is 6.61 Å². The molecule has 1 N–H and O–H groups in total. The summed E-state index contributed by atoms with van der Waals surface area (Å²) >= 11 is 0. The van der Waals surface area contributed by atoms with Crippen LogP contribution in [0.2, 0.25) is 0 Å². The van der Waals surface area contributed by atoms with Crippen molar-refractivity contribution in [2.24, 2.45) is 5.92 Å². The van der Waals surface area contributed by atoms with E-state index in [9.17, 15) is 5.11 Å². The van der Waals surface area contributed by atoms with Crippen LogP contribution in [0.3, 0.4) is 0 Å². The van der Waals surface area contributed by atoms with Gasteiger partial charge in [0.25, 0.3) is 0 Å². The topological polar surface area (TPSA) is 42.6 Å². The molecule has 0 amide bonds. The minimum atomic E-state index is -0.462. The summed E-state index contributed by atoms with van der Waals surface area (Å²) in [5.41, 5.74) is 0.0937. The molecule has 16 heavy (non-hydrogen) atoms. The largest absolute Gasteiger partial charge is 0.467 e. The number of hydrogen-bond donors (Lipinski definition) is 1. The molecule has 2 unspecified atom stereocenters. The molecule has 88 valence electrons. The molecule has 2 heterocycles. The zero-order valence-electron chi connectivity index (χ0n) is 9.39. The molecule has 1 spiro atoms. The fraction of sp³-hybridized carbons (Fsp3) is 0.692. The highest BCUT2D eigenvalue weighted by Gasteiger charge is 2.44. The van der Waals surface area contributed by atoms with Crippen molar-refractivity contribution in [1.29, 1.82) is 0 Å². The molecule has 1 saturated heterocycles. The van der Waals surface area contributed by atoms with E-state index in [4.69, 9.17) is 9.15 Å². The first kappa shape index (κ1) is 10.4. The highest BCUT2D eigenvalue weighted by molar-refractivity contribution is 5.05. The van der Waals surface area contributed by atoms with E-state index in [1.54, 1.807) is 6.26 Å². The first-order valence-electron chi connectivity index (χ1n) is 6.15. The van der Waals surface area contributed by atoms with E-state index in [0.29, 0.717) is 11.7 Å². The van der Waals surface area contributed by atoms with E-state index in [0.717, 1.165) is 32.3 Å². The van der Waals surface area contributed by atoms with Crippen LogP contribution in [-0.2, 0) is 4.74 Å². The van der Waals surface area contributed by atoms with Gasteiger partial charge in [-0.05, 0) is 50.2 Å². The van der Waals surface area contributed by atoms with Crippen LogP contribution in [0.5, 0.6) is 0 Å². The van der Waals surface area contributed by atoms with Gasteiger partial charge in [0.2, 0.25) is 0 Å². The summed E-state index contributed by atoms with van der Waals surface area (Å²) in [6.45, 7) is 0.780. The van der Waals surface area contributed by atoms with Gasteiger partial charge in [-0.25, -0.2) is 0 Å². The van der Waals surface area contributed by atoms with E-state index in [2.05, 4.69) is 0 Å². The Morgan fingerprint density at radius 2 is 2.31 bits per heavy atom. The second-order valence-electron chi connectivity index (χ2n) is 5.10. The molecule has 2 fully saturated rings. The summed E-state index contributed by atoms with van der Waals surface area (Å²) in [6.07, 6.45) is 6.67. The molecule has 3 heteroatoms. The zero-order chi connectivity index (χ0) is 11.0. The molecule has 1 aliphatic carbocycles. The average Bonchev–Trinajstić information content (AvgIpc) is 2.79. The van der Waals surface area contributed by atoms with Crippen LogP contribution in [0.1, 0.15) is 44.0 Å². The fourth-order valence-corrected chi connectivity index (χ4v) is 2.95. The number of furan rings is 1. The lowest BCUT2D eigenvalue weighted by Crippen LogP contribution is -2.46. The predicted molar refractivity (Wildman–Crippen MR) is 58.9 cm³/mol. The third kappa shape index (κ3) is 1.68. The van der Waals surface area contributed by atoms with Gasteiger partial charge in [0.05, 0.1) is 11.9 Å². The van der Waals surface area contributed by atoms with E-state index in [1.807, 2.05) is 12.1 Å². The van der Waals surface area contributed by atoms with Gasteiger partial charge >= 0.3 is 0 Å². The summed E-state index contributed by atoms with van der Waals surface area (Å²) in [6, 6.07) is 3.69. The molecular weight excluding hydrogens is 204 g/mol. The normalized spacial score (nSPS) is 29.9. The Balaban J connectivity index is 1.70. The summed E-state index contributed by atoms with van der Waals surface area (Å²) in [7, 11) is 0. The maximum absolute atomic E-state index is 10.2. The SMILES string of the molecule is OC(c1ccco1)C1CCOC2(CCC2)C1. The molecule has 3 nitrogen and oxygen atoms in total. The van der Waals surface area contributed by atoms with Gasteiger partial charge in [-0.1, -0.05) is 0 Å². The molecule has 1 aromatic heterocycles. The lowest BCUT2D eigenvalue weighted by Gasteiger charge is -2.47. The van der Waals surface area contributed by atoms with Gasteiger partial charge in [-0.3, -0.25) is 0 Å². The standard InChI is InChI=1S/C13H18O3/c14-12(11-3-1-7-15-11)10-4-8-16-13(9-10)5-2-6-13/h1,3,7,10,12,14H,2,4-6,8-9H2. The van der Waals surface area contributed by atoms with Crippen molar-refractivity contribution in [3.8, 4) is 0 Å². The molecule has 1 saturated carbocycles. The maximum atomic E-state index is 10.2. The first-order valence-corrected chi connectivity index (χ1v) is 6.15. The Morgan fingerprint density at radius 3 is 2.94 bits per heavy atom. The van der Waals surface area contributed by atoms with Crippen molar-refractivity contribution in [3.05, 3.63) is 24.2 Å². The van der Waals surface area contributed by atoms with E-state index in [1.165, 1.54) is 6.42 Å². The highest BCUT2D eigenvalue weighted by atomic mass is 16.5. The van der Waals surface area contributed by atoms with Crippen molar-refractivity contribution in [2.45, 2.75) is 43.8 Å². The summed E-state index contributed by atoms with van der Waals surface area (Å²) in [5.74, 6) is 0.988. The van der Waals surface area contributed by atoms with Gasteiger partial charge in [-0.15, -0.1) is 0 Å². The molecule has 1 aliphatic heterocycles. The van der Waals surface area contributed by atoms with Crippen molar-refractivity contribution >= 4 is 0 Å². The second-order valence-corrected chi connectivity index (χ2v) is 5.10. The molecule has 3 rings (SSSR count). The van der Waals surface area contributed by atoms with E-state index >= 15 is 0 Å². The third-order valence-corrected chi connectivity index (χ3v) is 4.08. The van der Waals surface area contributed by atoms with Crippen LogP contribution in [0.15, 0.2) is 22.8 Å². The van der Waals surface area contributed by atoms with Crippen LogP contribution in [-0.4, -0.2) is 17.3 Å². The monoisotopic (exact) mass is 222 g/mol. The molecule has 0 aromatic carbocycles. The van der Waals surface area contributed by atoms with Crippen molar-refractivity contribution in [3.63, 3.8) is 0 Å². The fourth-order valence-electron chi connectivity index (χ4n) is 2.95. The Morgan fingerprint density at radius 1 is 1.44 bits per heavy atom. The summed E-state index contributed by atoms with van der Waals surface area (Å²) in [4.78, 5) is 0. The van der Waals surface area contributed by atoms with Crippen LogP contribution >= 0.6 is 0 Å². The van der Waals surface area contributed by atoms with Gasteiger partial charge < -0.3 is 14.3 Å². The van der Waals surface area contributed by atoms with Crippen molar-refractivity contribution < 1.29 is 14.3 Å². The van der Waals surface area contributed by atoms with Gasteiger partial charge in [0.15, 0.2) is 0 Å². The molecule has 1 aromatic rings. The number of hydrogen-bond acceptors (Lipinski definition) is 3. The van der Waals surface area contributed by atoms with E-state index < -0.39 is 6.10 Å². The Labute approximate surface area is 95.4 Å². The molecule has 2 atom stereocenters. The lowest BCUT2D eigenvalue weighted by atomic mass is 9.70.